The van der Waals surface area contributed by atoms with E-state index in [-0.39, 0.29) is 10.6 Å². The Hall–Kier alpha value is -3.04. The predicted molar refractivity (Wildman–Crippen MR) is 127 cm³/mol. The molecular formula is C24H22ClF3N2O3S. The number of hydrogen-bond donors (Lipinski definition) is 1. The first-order valence-electron chi connectivity index (χ1n) is 10.3. The normalized spacial score (nSPS) is 11.8. The average Bonchev–Trinajstić information content (AvgIpc) is 2.78. The van der Waals surface area contributed by atoms with Crippen molar-refractivity contribution < 1.29 is 26.4 Å². The van der Waals surface area contributed by atoms with E-state index in [2.05, 4.69) is 5.32 Å². The van der Waals surface area contributed by atoms with E-state index in [0.717, 1.165) is 29.7 Å². The van der Waals surface area contributed by atoms with Crippen molar-refractivity contribution in [2.75, 3.05) is 16.2 Å². The molecule has 3 aromatic carbocycles. The molecule has 34 heavy (non-hydrogen) atoms. The molecule has 10 heteroatoms. The fourth-order valence-electron chi connectivity index (χ4n) is 3.19. The number of carbonyl (C=O) groups excluding carboxylic acids is 1. The topological polar surface area (TPSA) is 66.5 Å². The zero-order chi connectivity index (χ0) is 25.1. The Morgan fingerprint density at radius 3 is 2.18 bits per heavy atom. The molecule has 0 saturated carbocycles. The standard InChI is InChI=1S/C24H22ClF3N2O3S/c1-3-17-6-8-18(9-7-17)29-23(31)15-30(34(32,33)20-11-4-16(2)5-12-20)19-10-13-22(25)21(14-19)24(26,27)28/h4-14H,3,15H2,1-2H3,(H,29,31). The lowest BCUT2D eigenvalue weighted by Crippen LogP contribution is -2.38. The van der Waals surface area contributed by atoms with E-state index in [4.69, 9.17) is 11.6 Å². The number of aryl methyl sites for hydroxylation is 2. The van der Waals surface area contributed by atoms with Gasteiger partial charge in [-0.1, -0.05) is 48.4 Å². The molecule has 0 aliphatic rings. The Kier molecular flexibility index (Phi) is 7.57. The molecule has 0 aromatic heterocycles. The minimum Gasteiger partial charge on any atom is -0.325 e. The lowest BCUT2D eigenvalue weighted by molar-refractivity contribution is -0.137. The summed E-state index contributed by atoms with van der Waals surface area (Å²) in [4.78, 5) is 12.6. The summed E-state index contributed by atoms with van der Waals surface area (Å²) >= 11 is 5.70. The van der Waals surface area contributed by atoms with E-state index < -0.39 is 39.2 Å². The monoisotopic (exact) mass is 510 g/mol. The van der Waals surface area contributed by atoms with Gasteiger partial charge >= 0.3 is 6.18 Å². The Morgan fingerprint density at radius 1 is 1.00 bits per heavy atom. The molecule has 0 bridgehead atoms. The minimum atomic E-state index is -4.81. The Labute approximate surface area is 201 Å². The molecule has 0 heterocycles. The van der Waals surface area contributed by atoms with Crippen molar-refractivity contribution in [3.63, 3.8) is 0 Å². The maximum atomic E-state index is 13.4. The van der Waals surface area contributed by atoms with Crippen LogP contribution in [0.3, 0.4) is 0 Å². The third-order valence-electron chi connectivity index (χ3n) is 5.09. The second-order valence-corrected chi connectivity index (χ2v) is 9.85. The molecule has 180 valence electrons. The highest BCUT2D eigenvalue weighted by atomic mass is 35.5. The van der Waals surface area contributed by atoms with Crippen molar-refractivity contribution in [3.8, 4) is 0 Å². The summed E-state index contributed by atoms with van der Waals surface area (Å²) in [6, 6.07) is 15.4. The number of nitrogens with one attached hydrogen (secondary N) is 1. The van der Waals surface area contributed by atoms with Crippen molar-refractivity contribution in [3.05, 3.63) is 88.4 Å². The third-order valence-corrected chi connectivity index (χ3v) is 7.20. The van der Waals surface area contributed by atoms with E-state index >= 15 is 0 Å². The Bertz CT molecular complexity index is 1280. The van der Waals surface area contributed by atoms with Gasteiger partial charge in [0.25, 0.3) is 10.0 Å². The SMILES string of the molecule is CCc1ccc(NC(=O)CN(c2ccc(Cl)c(C(F)(F)F)c2)S(=O)(=O)c2ccc(C)cc2)cc1. The van der Waals surface area contributed by atoms with E-state index in [1.165, 1.54) is 12.1 Å². The van der Waals surface area contributed by atoms with E-state index in [1.807, 2.05) is 19.1 Å². The predicted octanol–water partition coefficient (Wildman–Crippen LogP) is 6.06. The number of hydrogen-bond acceptors (Lipinski definition) is 3. The minimum absolute atomic E-state index is 0.165. The second-order valence-electron chi connectivity index (χ2n) is 7.59. The highest BCUT2D eigenvalue weighted by molar-refractivity contribution is 7.92. The van der Waals surface area contributed by atoms with Crippen molar-refractivity contribution in [2.45, 2.75) is 31.3 Å². The van der Waals surface area contributed by atoms with E-state index in [1.54, 1.807) is 31.2 Å². The largest absolute Gasteiger partial charge is 0.417 e. The van der Waals surface area contributed by atoms with Crippen LogP contribution in [-0.2, 0) is 27.4 Å². The summed E-state index contributed by atoms with van der Waals surface area (Å²) in [6.07, 6.45) is -4.01. The average molecular weight is 511 g/mol. The maximum Gasteiger partial charge on any atom is 0.417 e. The van der Waals surface area contributed by atoms with Gasteiger partial charge in [-0.15, -0.1) is 0 Å². The van der Waals surface area contributed by atoms with Gasteiger partial charge in [0.15, 0.2) is 0 Å². The van der Waals surface area contributed by atoms with Crippen LogP contribution in [-0.4, -0.2) is 20.9 Å². The zero-order valence-corrected chi connectivity index (χ0v) is 19.9. The summed E-state index contributed by atoms with van der Waals surface area (Å²) in [5.74, 6) is -0.719. The molecule has 0 unspecified atom stereocenters. The van der Waals surface area contributed by atoms with Crippen molar-refractivity contribution in [2.24, 2.45) is 0 Å². The van der Waals surface area contributed by atoms with Crippen LogP contribution in [0.15, 0.2) is 71.6 Å². The number of anilines is 2. The number of alkyl halides is 3. The zero-order valence-electron chi connectivity index (χ0n) is 18.4. The molecule has 1 N–H and O–H groups in total. The molecule has 3 aromatic rings. The first-order chi connectivity index (χ1) is 15.9. The molecule has 0 radical (unpaired) electrons. The maximum absolute atomic E-state index is 13.4. The van der Waals surface area contributed by atoms with Gasteiger partial charge in [0.2, 0.25) is 5.91 Å². The van der Waals surface area contributed by atoms with Gasteiger partial charge in [0, 0.05) is 5.69 Å². The highest BCUT2D eigenvalue weighted by Crippen LogP contribution is 2.38. The van der Waals surface area contributed by atoms with Crippen molar-refractivity contribution in [1.82, 2.24) is 0 Å². The van der Waals surface area contributed by atoms with Gasteiger partial charge in [-0.25, -0.2) is 8.42 Å². The lowest BCUT2D eigenvalue weighted by Gasteiger charge is -2.25. The molecule has 1 amide bonds. The van der Waals surface area contributed by atoms with Crippen LogP contribution < -0.4 is 9.62 Å². The summed E-state index contributed by atoms with van der Waals surface area (Å²) in [7, 11) is -4.38. The third kappa shape index (κ3) is 5.90. The summed E-state index contributed by atoms with van der Waals surface area (Å²) in [5, 5.41) is 2.01. The van der Waals surface area contributed by atoms with Crippen LogP contribution in [0.1, 0.15) is 23.6 Å². The van der Waals surface area contributed by atoms with Gasteiger partial charge in [-0.2, -0.15) is 13.2 Å². The highest BCUT2D eigenvalue weighted by Gasteiger charge is 2.35. The van der Waals surface area contributed by atoms with Crippen LogP contribution in [0.25, 0.3) is 0 Å². The molecule has 0 saturated heterocycles. The van der Waals surface area contributed by atoms with Crippen molar-refractivity contribution in [1.29, 1.82) is 0 Å². The number of nitrogens with zero attached hydrogens (tertiary/aromatic N) is 1. The first-order valence-corrected chi connectivity index (χ1v) is 12.1. The molecular weight excluding hydrogens is 489 g/mol. The number of sulfonamides is 1. The molecule has 0 atom stereocenters. The fourth-order valence-corrected chi connectivity index (χ4v) is 4.83. The summed E-state index contributed by atoms with van der Waals surface area (Å²) in [5.41, 5.74) is 0.731. The molecule has 0 fully saturated rings. The van der Waals surface area contributed by atoms with E-state index in [9.17, 15) is 26.4 Å². The van der Waals surface area contributed by atoms with Crippen LogP contribution in [0.4, 0.5) is 24.5 Å². The van der Waals surface area contributed by atoms with Crippen LogP contribution >= 0.6 is 11.6 Å². The van der Waals surface area contributed by atoms with Gasteiger partial charge in [-0.05, 0) is 61.4 Å². The number of halogens is 4. The molecule has 0 aliphatic carbocycles. The van der Waals surface area contributed by atoms with Crippen molar-refractivity contribution >= 4 is 38.9 Å². The van der Waals surface area contributed by atoms with Crippen LogP contribution in [0.2, 0.25) is 5.02 Å². The number of amides is 1. The quantitative estimate of drug-likeness (QED) is 0.420. The fraction of sp³-hybridized carbons (Fsp3) is 0.208. The molecule has 0 spiro atoms. The van der Waals surface area contributed by atoms with E-state index in [0.29, 0.717) is 16.1 Å². The lowest BCUT2D eigenvalue weighted by atomic mass is 10.1. The molecule has 3 rings (SSSR count). The van der Waals surface area contributed by atoms with Gasteiger partial charge in [-0.3, -0.25) is 9.10 Å². The van der Waals surface area contributed by atoms with Gasteiger partial charge in [0.1, 0.15) is 6.54 Å². The Balaban J connectivity index is 2.01. The number of carbonyl (C=O) groups is 1. The smallest absolute Gasteiger partial charge is 0.325 e. The first kappa shape index (κ1) is 25.6. The van der Waals surface area contributed by atoms with Crippen LogP contribution in [0, 0.1) is 6.92 Å². The van der Waals surface area contributed by atoms with Gasteiger partial charge < -0.3 is 5.32 Å². The summed E-state index contributed by atoms with van der Waals surface area (Å²) in [6.45, 7) is 2.99. The summed E-state index contributed by atoms with van der Waals surface area (Å²) < 4.78 is 67.7. The Morgan fingerprint density at radius 2 is 1.62 bits per heavy atom. The number of benzene rings is 3. The molecule has 0 aliphatic heterocycles. The van der Waals surface area contributed by atoms with Gasteiger partial charge in [0.05, 0.1) is 21.2 Å². The second kappa shape index (κ2) is 10.1. The molecule has 5 nitrogen and oxygen atoms in total. The number of rotatable bonds is 7. The van der Waals surface area contributed by atoms with Crippen LogP contribution in [0.5, 0.6) is 0 Å².